The van der Waals surface area contributed by atoms with E-state index in [1.807, 2.05) is 32.3 Å². The highest BCUT2D eigenvalue weighted by atomic mass is 16.5. The number of rotatable bonds is 5. The summed E-state index contributed by atoms with van der Waals surface area (Å²) in [5, 5.41) is 3.32. The number of ether oxygens (including phenoxy) is 1. The lowest BCUT2D eigenvalue weighted by atomic mass is 10.0. The summed E-state index contributed by atoms with van der Waals surface area (Å²) in [6, 6.07) is 10.2. The van der Waals surface area contributed by atoms with Crippen molar-refractivity contribution in [3.05, 3.63) is 35.9 Å². The molecule has 1 aromatic rings. The van der Waals surface area contributed by atoms with Crippen LogP contribution in [0, 0.1) is 0 Å². The van der Waals surface area contributed by atoms with Gasteiger partial charge in [0.05, 0.1) is 12.6 Å². The fraction of sp³-hybridized carbons (Fsp3) is 0.562. The highest BCUT2D eigenvalue weighted by Crippen LogP contribution is 2.24. The summed E-state index contributed by atoms with van der Waals surface area (Å²) in [6.07, 6.45) is 0. The molecule has 0 aromatic heterocycles. The number of amides is 1. The minimum Gasteiger partial charge on any atom is -0.383 e. The number of piperazine rings is 1. The molecule has 1 amide bonds. The Morgan fingerprint density at radius 1 is 1.43 bits per heavy atom. The summed E-state index contributed by atoms with van der Waals surface area (Å²) in [5.41, 5.74) is 1.19. The van der Waals surface area contributed by atoms with Crippen LogP contribution >= 0.6 is 0 Å². The molecule has 0 radical (unpaired) electrons. The molecule has 0 aliphatic carbocycles. The summed E-state index contributed by atoms with van der Waals surface area (Å²) in [5.74, 6) is 0.138. The maximum absolute atomic E-state index is 12.5. The molecular weight excluding hydrogens is 266 g/mol. The van der Waals surface area contributed by atoms with Crippen molar-refractivity contribution in [2.24, 2.45) is 0 Å². The molecular formula is C16H25N3O2. The smallest absolute Gasteiger partial charge is 0.240 e. The van der Waals surface area contributed by atoms with Crippen molar-refractivity contribution in [2.45, 2.75) is 12.1 Å². The topological polar surface area (TPSA) is 44.8 Å². The number of nitrogens with zero attached hydrogens (tertiary/aromatic N) is 2. The van der Waals surface area contributed by atoms with Crippen molar-refractivity contribution in [3.8, 4) is 0 Å². The number of methoxy groups -OCH3 is 1. The molecule has 116 valence electrons. The zero-order valence-electron chi connectivity index (χ0n) is 13.1. The van der Waals surface area contributed by atoms with Gasteiger partial charge in [-0.05, 0) is 5.56 Å². The van der Waals surface area contributed by atoms with Gasteiger partial charge >= 0.3 is 0 Å². The SMILES string of the molecule is COCC(c1ccccc1)N1CCNCC1C(=O)N(C)C. The zero-order chi connectivity index (χ0) is 15.2. The van der Waals surface area contributed by atoms with E-state index in [-0.39, 0.29) is 18.0 Å². The standard InChI is InChI=1S/C16H25N3O2/c1-18(2)16(20)14-11-17-9-10-19(14)15(12-21-3)13-7-5-4-6-8-13/h4-8,14-15,17H,9-12H2,1-3H3. The first-order chi connectivity index (χ1) is 10.1. The zero-order valence-corrected chi connectivity index (χ0v) is 13.1. The van der Waals surface area contributed by atoms with Gasteiger partial charge in [-0.1, -0.05) is 30.3 Å². The van der Waals surface area contributed by atoms with E-state index in [4.69, 9.17) is 4.74 Å². The van der Waals surface area contributed by atoms with E-state index in [1.165, 1.54) is 5.56 Å². The minimum absolute atomic E-state index is 0.104. The number of nitrogens with one attached hydrogen (secondary N) is 1. The van der Waals surface area contributed by atoms with Crippen LogP contribution < -0.4 is 5.32 Å². The van der Waals surface area contributed by atoms with E-state index < -0.39 is 0 Å². The lowest BCUT2D eigenvalue weighted by Gasteiger charge is -2.41. The van der Waals surface area contributed by atoms with Gasteiger partial charge in [-0.25, -0.2) is 0 Å². The molecule has 2 atom stereocenters. The van der Waals surface area contributed by atoms with Crippen LogP contribution in [0.3, 0.4) is 0 Å². The van der Waals surface area contributed by atoms with Crippen LogP contribution in [-0.2, 0) is 9.53 Å². The molecule has 0 saturated carbocycles. The molecule has 5 heteroatoms. The lowest BCUT2D eigenvalue weighted by Crippen LogP contribution is -2.58. The maximum Gasteiger partial charge on any atom is 0.240 e. The number of hydrogen-bond acceptors (Lipinski definition) is 4. The molecule has 1 fully saturated rings. The van der Waals surface area contributed by atoms with E-state index >= 15 is 0 Å². The third-order valence-electron chi connectivity index (χ3n) is 3.92. The second-order valence-corrected chi connectivity index (χ2v) is 5.57. The maximum atomic E-state index is 12.5. The van der Waals surface area contributed by atoms with E-state index in [2.05, 4.69) is 22.3 Å². The van der Waals surface area contributed by atoms with Crippen molar-refractivity contribution >= 4 is 5.91 Å². The second kappa shape index (κ2) is 7.54. The monoisotopic (exact) mass is 291 g/mol. The average Bonchev–Trinajstić information content (AvgIpc) is 2.52. The molecule has 5 nitrogen and oxygen atoms in total. The van der Waals surface area contributed by atoms with Crippen LogP contribution in [0.15, 0.2) is 30.3 Å². The van der Waals surface area contributed by atoms with E-state index in [0.717, 1.165) is 13.1 Å². The van der Waals surface area contributed by atoms with Crippen LogP contribution in [0.1, 0.15) is 11.6 Å². The Labute approximate surface area is 126 Å². The molecule has 1 saturated heterocycles. The van der Waals surface area contributed by atoms with E-state index in [0.29, 0.717) is 13.2 Å². The van der Waals surface area contributed by atoms with Crippen LogP contribution in [0.4, 0.5) is 0 Å². The third-order valence-corrected chi connectivity index (χ3v) is 3.92. The van der Waals surface area contributed by atoms with Gasteiger partial charge in [0.25, 0.3) is 0 Å². The first-order valence-electron chi connectivity index (χ1n) is 7.36. The van der Waals surface area contributed by atoms with Gasteiger partial charge in [0.1, 0.15) is 6.04 Å². The first-order valence-corrected chi connectivity index (χ1v) is 7.36. The fourth-order valence-corrected chi connectivity index (χ4v) is 2.84. The number of benzene rings is 1. The molecule has 1 aliphatic heterocycles. The summed E-state index contributed by atoms with van der Waals surface area (Å²) >= 11 is 0. The van der Waals surface area contributed by atoms with Crippen LogP contribution in [0.5, 0.6) is 0 Å². The quantitative estimate of drug-likeness (QED) is 0.869. The minimum atomic E-state index is -0.144. The molecule has 0 spiro atoms. The highest BCUT2D eigenvalue weighted by molar-refractivity contribution is 5.81. The molecule has 0 bridgehead atoms. The summed E-state index contributed by atoms with van der Waals surface area (Å²) in [4.78, 5) is 16.4. The van der Waals surface area contributed by atoms with Gasteiger partial charge in [0.2, 0.25) is 5.91 Å². The number of carbonyl (C=O) groups excluding carboxylic acids is 1. The molecule has 21 heavy (non-hydrogen) atoms. The molecule has 1 aliphatic rings. The van der Waals surface area contributed by atoms with Gasteiger partial charge in [-0.3, -0.25) is 9.69 Å². The van der Waals surface area contributed by atoms with Crippen molar-refractivity contribution in [2.75, 3.05) is 47.4 Å². The predicted octanol–water partition coefficient (Wildman–Crippen LogP) is 0.736. The third kappa shape index (κ3) is 3.81. The number of likely N-dealkylation sites (N-methyl/N-ethyl adjacent to an activating group) is 1. The summed E-state index contributed by atoms with van der Waals surface area (Å²) in [6.45, 7) is 3.00. The van der Waals surface area contributed by atoms with Crippen molar-refractivity contribution < 1.29 is 9.53 Å². The Morgan fingerprint density at radius 3 is 2.76 bits per heavy atom. The van der Waals surface area contributed by atoms with Gasteiger partial charge in [0, 0.05) is 40.8 Å². The Kier molecular flexibility index (Phi) is 5.73. The molecule has 1 heterocycles. The normalized spacial score (nSPS) is 21.0. The van der Waals surface area contributed by atoms with Crippen LogP contribution in [0.2, 0.25) is 0 Å². The number of carbonyl (C=O) groups is 1. The Bertz CT molecular complexity index is 450. The number of hydrogen-bond donors (Lipinski definition) is 1. The Morgan fingerprint density at radius 2 is 2.14 bits per heavy atom. The second-order valence-electron chi connectivity index (χ2n) is 5.57. The molecule has 2 rings (SSSR count). The van der Waals surface area contributed by atoms with Crippen molar-refractivity contribution in [1.29, 1.82) is 0 Å². The average molecular weight is 291 g/mol. The van der Waals surface area contributed by atoms with E-state index in [9.17, 15) is 4.79 Å². The lowest BCUT2D eigenvalue weighted by molar-refractivity contribution is -0.136. The van der Waals surface area contributed by atoms with Gasteiger partial charge in [-0.15, -0.1) is 0 Å². The Balaban J connectivity index is 2.25. The first kappa shape index (κ1) is 15.9. The Hall–Kier alpha value is -1.43. The molecule has 1 N–H and O–H groups in total. The van der Waals surface area contributed by atoms with E-state index in [1.54, 1.807) is 12.0 Å². The van der Waals surface area contributed by atoms with Gasteiger partial charge in [-0.2, -0.15) is 0 Å². The van der Waals surface area contributed by atoms with Gasteiger partial charge < -0.3 is 15.0 Å². The van der Waals surface area contributed by atoms with Crippen LogP contribution in [0.25, 0.3) is 0 Å². The highest BCUT2D eigenvalue weighted by Gasteiger charge is 2.34. The van der Waals surface area contributed by atoms with Crippen LogP contribution in [-0.4, -0.2) is 69.2 Å². The molecule has 2 unspecified atom stereocenters. The predicted molar refractivity (Wildman–Crippen MR) is 83.1 cm³/mol. The van der Waals surface area contributed by atoms with Crippen molar-refractivity contribution in [1.82, 2.24) is 15.1 Å². The van der Waals surface area contributed by atoms with Crippen molar-refractivity contribution in [3.63, 3.8) is 0 Å². The summed E-state index contributed by atoms with van der Waals surface area (Å²) in [7, 11) is 5.33. The van der Waals surface area contributed by atoms with Gasteiger partial charge in [0.15, 0.2) is 0 Å². The summed E-state index contributed by atoms with van der Waals surface area (Å²) < 4.78 is 5.41. The molecule has 1 aromatic carbocycles. The largest absolute Gasteiger partial charge is 0.383 e. The fourth-order valence-electron chi connectivity index (χ4n) is 2.84.